The van der Waals surface area contributed by atoms with Gasteiger partial charge in [-0.1, -0.05) is 30.4 Å². The van der Waals surface area contributed by atoms with Crippen molar-refractivity contribution in [3.8, 4) is 5.75 Å². The van der Waals surface area contributed by atoms with Crippen LogP contribution >= 0.6 is 12.2 Å². The molecule has 0 spiro atoms. The van der Waals surface area contributed by atoms with E-state index < -0.39 is 0 Å². The number of thiocarbonyl (C=S) groups is 1. The second-order valence-electron chi connectivity index (χ2n) is 3.68. The van der Waals surface area contributed by atoms with Gasteiger partial charge in [0.1, 0.15) is 5.75 Å². The summed E-state index contributed by atoms with van der Waals surface area (Å²) in [5.41, 5.74) is 5.48. The second kappa shape index (κ2) is 6.20. The molecule has 5 heteroatoms. The Bertz CT molecular complexity index is 395. The number of carbonyl (C=O) groups excluding carboxylic acids is 1. The van der Waals surface area contributed by atoms with E-state index in [1.54, 1.807) is 26.1 Å². The van der Waals surface area contributed by atoms with Crippen LogP contribution in [-0.2, 0) is 4.79 Å². The highest BCUT2D eigenvalue weighted by molar-refractivity contribution is 7.80. The summed E-state index contributed by atoms with van der Waals surface area (Å²) in [7, 11) is 1.65. The predicted molar refractivity (Wildman–Crippen MR) is 71.0 cm³/mol. The van der Waals surface area contributed by atoms with Crippen LogP contribution in [0.4, 0.5) is 0 Å². The van der Waals surface area contributed by atoms with Crippen molar-refractivity contribution in [3.05, 3.63) is 30.3 Å². The van der Waals surface area contributed by atoms with Crippen molar-refractivity contribution in [1.29, 1.82) is 0 Å². The zero-order valence-electron chi connectivity index (χ0n) is 9.92. The first kappa shape index (κ1) is 13.4. The highest BCUT2D eigenvalue weighted by Crippen LogP contribution is 2.08. The molecule has 0 saturated carbocycles. The Morgan fingerprint density at radius 1 is 1.47 bits per heavy atom. The molecule has 0 bridgehead atoms. The van der Waals surface area contributed by atoms with Crippen LogP contribution < -0.4 is 10.5 Å². The van der Waals surface area contributed by atoms with Crippen molar-refractivity contribution >= 4 is 23.1 Å². The molecular weight excluding hydrogens is 236 g/mol. The third kappa shape index (κ3) is 4.03. The van der Waals surface area contributed by atoms with E-state index in [2.05, 4.69) is 0 Å². The number of hydrogen-bond acceptors (Lipinski definition) is 3. The van der Waals surface area contributed by atoms with E-state index in [4.69, 9.17) is 22.7 Å². The first-order valence-electron chi connectivity index (χ1n) is 5.25. The summed E-state index contributed by atoms with van der Waals surface area (Å²) in [6.07, 6.45) is 0. The van der Waals surface area contributed by atoms with Crippen molar-refractivity contribution in [2.75, 3.05) is 13.7 Å². The fourth-order valence-corrected chi connectivity index (χ4v) is 1.33. The molecule has 92 valence electrons. The van der Waals surface area contributed by atoms with Crippen LogP contribution in [0.1, 0.15) is 6.92 Å². The van der Waals surface area contributed by atoms with Crippen LogP contribution in [0.5, 0.6) is 5.75 Å². The summed E-state index contributed by atoms with van der Waals surface area (Å²) in [4.78, 5) is 13.5. The van der Waals surface area contributed by atoms with Crippen LogP contribution in [0, 0.1) is 0 Å². The first-order valence-corrected chi connectivity index (χ1v) is 5.66. The zero-order chi connectivity index (χ0) is 12.8. The maximum Gasteiger partial charge on any atom is 0.260 e. The van der Waals surface area contributed by atoms with Crippen LogP contribution in [0.15, 0.2) is 30.3 Å². The number of para-hydroxylation sites is 1. The van der Waals surface area contributed by atoms with Gasteiger partial charge in [-0.2, -0.15) is 0 Å². The number of likely N-dealkylation sites (N-methyl/N-ethyl adjacent to an activating group) is 1. The van der Waals surface area contributed by atoms with E-state index in [1.165, 1.54) is 4.90 Å². The van der Waals surface area contributed by atoms with Gasteiger partial charge in [0.2, 0.25) is 0 Å². The molecule has 4 nitrogen and oxygen atoms in total. The summed E-state index contributed by atoms with van der Waals surface area (Å²) < 4.78 is 5.34. The molecule has 1 amide bonds. The average Bonchev–Trinajstić information content (AvgIpc) is 2.35. The summed E-state index contributed by atoms with van der Waals surface area (Å²) >= 11 is 4.83. The van der Waals surface area contributed by atoms with E-state index in [0.29, 0.717) is 10.7 Å². The van der Waals surface area contributed by atoms with Crippen LogP contribution in [0.3, 0.4) is 0 Å². The van der Waals surface area contributed by atoms with Crippen molar-refractivity contribution in [1.82, 2.24) is 4.90 Å². The van der Waals surface area contributed by atoms with Gasteiger partial charge in [0.05, 0.1) is 11.0 Å². The van der Waals surface area contributed by atoms with E-state index in [-0.39, 0.29) is 18.6 Å². The molecule has 0 fully saturated rings. The van der Waals surface area contributed by atoms with Crippen LogP contribution in [-0.4, -0.2) is 35.5 Å². The highest BCUT2D eigenvalue weighted by atomic mass is 32.1. The molecular formula is C12H16N2O2S. The van der Waals surface area contributed by atoms with Gasteiger partial charge >= 0.3 is 0 Å². The topological polar surface area (TPSA) is 55.6 Å². The number of carbonyl (C=O) groups is 1. The Morgan fingerprint density at radius 3 is 2.59 bits per heavy atom. The molecule has 2 N–H and O–H groups in total. The Balaban J connectivity index is 2.47. The van der Waals surface area contributed by atoms with Gasteiger partial charge in [-0.15, -0.1) is 0 Å². The number of hydrogen-bond donors (Lipinski definition) is 1. The largest absolute Gasteiger partial charge is 0.484 e. The van der Waals surface area contributed by atoms with E-state index in [9.17, 15) is 4.79 Å². The van der Waals surface area contributed by atoms with Crippen molar-refractivity contribution < 1.29 is 9.53 Å². The minimum absolute atomic E-state index is 0.0204. The Labute approximate surface area is 106 Å². The normalized spacial score (nSPS) is 11.6. The van der Waals surface area contributed by atoms with Gasteiger partial charge in [0.25, 0.3) is 5.91 Å². The quantitative estimate of drug-likeness (QED) is 0.800. The summed E-state index contributed by atoms with van der Waals surface area (Å²) in [5, 5.41) is 0. The number of nitrogens with two attached hydrogens (primary N) is 1. The number of nitrogens with zero attached hydrogens (tertiary/aromatic N) is 1. The lowest BCUT2D eigenvalue weighted by molar-refractivity contribution is -0.132. The van der Waals surface area contributed by atoms with Crippen molar-refractivity contribution in [2.24, 2.45) is 5.73 Å². The number of benzene rings is 1. The predicted octanol–water partition coefficient (Wildman–Crippen LogP) is 1.20. The fraction of sp³-hybridized carbons (Fsp3) is 0.333. The lowest BCUT2D eigenvalue weighted by atomic mass is 10.3. The minimum Gasteiger partial charge on any atom is -0.484 e. The third-order valence-electron chi connectivity index (χ3n) is 2.49. The summed E-state index contributed by atoms with van der Waals surface area (Å²) in [5.74, 6) is 0.506. The standard InChI is InChI=1S/C12H16N2O2S/c1-9(12(13)17)14(2)11(15)8-16-10-6-4-3-5-7-10/h3-7,9H,8H2,1-2H3,(H2,13,17). The lowest BCUT2D eigenvalue weighted by Crippen LogP contribution is -2.44. The molecule has 0 aliphatic carbocycles. The minimum atomic E-state index is -0.267. The zero-order valence-corrected chi connectivity index (χ0v) is 10.7. The Kier molecular flexibility index (Phi) is 4.90. The highest BCUT2D eigenvalue weighted by Gasteiger charge is 2.17. The van der Waals surface area contributed by atoms with Gasteiger partial charge in [-0.3, -0.25) is 4.79 Å². The van der Waals surface area contributed by atoms with E-state index in [1.807, 2.05) is 18.2 Å². The van der Waals surface area contributed by atoms with Gasteiger partial charge in [0, 0.05) is 7.05 Å². The number of rotatable bonds is 5. The third-order valence-corrected chi connectivity index (χ3v) is 2.83. The average molecular weight is 252 g/mol. The molecule has 1 unspecified atom stereocenters. The number of amides is 1. The Hall–Kier alpha value is -1.62. The Morgan fingerprint density at radius 2 is 2.06 bits per heavy atom. The molecule has 0 aliphatic heterocycles. The fourth-order valence-electron chi connectivity index (χ4n) is 1.17. The van der Waals surface area contributed by atoms with Gasteiger partial charge in [-0.25, -0.2) is 0 Å². The first-order chi connectivity index (χ1) is 8.02. The smallest absolute Gasteiger partial charge is 0.260 e. The van der Waals surface area contributed by atoms with Gasteiger partial charge in [-0.05, 0) is 19.1 Å². The maximum atomic E-state index is 11.7. The molecule has 0 heterocycles. The van der Waals surface area contributed by atoms with Crippen molar-refractivity contribution in [2.45, 2.75) is 13.0 Å². The van der Waals surface area contributed by atoms with Crippen LogP contribution in [0.25, 0.3) is 0 Å². The van der Waals surface area contributed by atoms with Gasteiger partial charge in [0.15, 0.2) is 6.61 Å². The van der Waals surface area contributed by atoms with Gasteiger partial charge < -0.3 is 15.4 Å². The monoisotopic (exact) mass is 252 g/mol. The molecule has 0 radical (unpaired) electrons. The molecule has 0 aromatic heterocycles. The molecule has 1 rings (SSSR count). The molecule has 0 saturated heterocycles. The molecule has 1 aromatic carbocycles. The summed E-state index contributed by atoms with van der Waals surface area (Å²) in [6.45, 7) is 1.76. The molecule has 0 aliphatic rings. The lowest BCUT2D eigenvalue weighted by Gasteiger charge is -2.23. The molecule has 1 aromatic rings. The maximum absolute atomic E-state index is 11.7. The van der Waals surface area contributed by atoms with Crippen molar-refractivity contribution in [3.63, 3.8) is 0 Å². The second-order valence-corrected chi connectivity index (χ2v) is 4.16. The molecule has 17 heavy (non-hydrogen) atoms. The van der Waals surface area contributed by atoms with Crippen LogP contribution in [0.2, 0.25) is 0 Å². The molecule has 1 atom stereocenters. The van der Waals surface area contributed by atoms with E-state index in [0.717, 1.165) is 0 Å². The number of ether oxygens (including phenoxy) is 1. The SMILES string of the molecule is CC(C(N)=S)N(C)C(=O)COc1ccccc1. The summed E-state index contributed by atoms with van der Waals surface area (Å²) in [6, 6.07) is 8.91. The van der Waals surface area contributed by atoms with E-state index >= 15 is 0 Å².